The van der Waals surface area contributed by atoms with E-state index >= 15 is 0 Å². The van der Waals surface area contributed by atoms with Gasteiger partial charge in [-0.25, -0.2) is 0 Å². The van der Waals surface area contributed by atoms with E-state index in [-0.39, 0.29) is 0 Å². The molecule has 2 N–H and O–H groups in total. The van der Waals surface area contributed by atoms with Crippen LogP contribution in [0, 0.1) is 0 Å². The molecule has 2 aliphatic heterocycles. The van der Waals surface area contributed by atoms with Crippen molar-refractivity contribution in [2.75, 3.05) is 23.7 Å². The van der Waals surface area contributed by atoms with E-state index in [4.69, 9.17) is 0 Å². The van der Waals surface area contributed by atoms with E-state index in [2.05, 4.69) is 45.6 Å². The largest absolute Gasteiger partial charge is 0.363 e. The minimum Gasteiger partial charge on any atom is -0.363 e. The summed E-state index contributed by atoms with van der Waals surface area (Å²) >= 11 is 0. The lowest BCUT2D eigenvalue weighted by atomic mass is 10.2. The molecule has 0 fully saturated rings. The first kappa shape index (κ1) is 9.51. The fraction of sp³-hybridized carbons (Fsp3) is 0.417. The van der Waals surface area contributed by atoms with Crippen LogP contribution in [-0.4, -0.2) is 30.1 Å². The van der Waals surface area contributed by atoms with Crippen molar-refractivity contribution in [2.45, 2.75) is 19.5 Å². The normalized spacial score (nSPS) is 22.4. The van der Waals surface area contributed by atoms with E-state index in [1.54, 1.807) is 0 Å². The van der Waals surface area contributed by atoms with Crippen LogP contribution in [-0.2, 0) is 0 Å². The zero-order chi connectivity index (χ0) is 11.0. The van der Waals surface area contributed by atoms with Crippen molar-refractivity contribution in [1.82, 2.24) is 4.90 Å². The Hall–Kier alpha value is -1.71. The molecular formula is C12H16N4. The van der Waals surface area contributed by atoms with E-state index < -0.39 is 0 Å². The standard InChI is InChI=1S/C12H16N4/c1-2-11-14-9-5-3-4-6-10(9)15-12-13-7-8-16(11)12/h3-6,11,14H,2,7-8H2,1H3,(H,13,15)/t11-/m1/s1. The Morgan fingerprint density at radius 1 is 1.38 bits per heavy atom. The minimum absolute atomic E-state index is 0.345. The van der Waals surface area contributed by atoms with Gasteiger partial charge in [0.15, 0.2) is 5.96 Å². The van der Waals surface area contributed by atoms with Crippen LogP contribution in [0.2, 0.25) is 0 Å². The highest BCUT2D eigenvalue weighted by Crippen LogP contribution is 2.27. The van der Waals surface area contributed by atoms with Gasteiger partial charge < -0.3 is 15.5 Å². The average molecular weight is 216 g/mol. The van der Waals surface area contributed by atoms with Crippen molar-refractivity contribution in [3.63, 3.8) is 0 Å². The number of fused-ring (bicyclic) bond motifs is 2. The predicted octanol–water partition coefficient (Wildman–Crippen LogP) is 1.93. The maximum absolute atomic E-state index is 4.51. The molecule has 0 amide bonds. The lowest BCUT2D eigenvalue weighted by Crippen LogP contribution is -2.43. The SMILES string of the molecule is CC[C@@H]1Nc2ccccc2NC2=NCCN21. The van der Waals surface area contributed by atoms with Gasteiger partial charge in [0.2, 0.25) is 0 Å². The summed E-state index contributed by atoms with van der Waals surface area (Å²) in [6.45, 7) is 4.09. The van der Waals surface area contributed by atoms with Gasteiger partial charge in [-0.2, -0.15) is 0 Å². The highest BCUT2D eigenvalue weighted by molar-refractivity contribution is 5.99. The molecule has 0 spiro atoms. The summed E-state index contributed by atoms with van der Waals surface area (Å²) in [6.07, 6.45) is 1.41. The maximum atomic E-state index is 4.51. The number of aliphatic imine (C=N–C) groups is 1. The molecule has 0 aromatic heterocycles. The van der Waals surface area contributed by atoms with Gasteiger partial charge in [0.25, 0.3) is 0 Å². The average Bonchev–Trinajstić information content (AvgIpc) is 2.70. The van der Waals surface area contributed by atoms with Gasteiger partial charge in [0, 0.05) is 6.54 Å². The van der Waals surface area contributed by atoms with Crippen molar-refractivity contribution in [1.29, 1.82) is 0 Å². The van der Waals surface area contributed by atoms with Crippen molar-refractivity contribution in [3.8, 4) is 0 Å². The molecule has 0 saturated heterocycles. The van der Waals surface area contributed by atoms with Gasteiger partial charge >= 0.3 is 0 Å². The van der Waals surface area contributed by atoms with E-state index in [1.807, 2.05) is 6.07 Å². The quantitative estimate of drug-likeness (QED) is 0.753. The molecule has 2 aliphatic rings. The second-order valence-electron chi connectivity index (χ2n) is 4.14. The number of para-hydroxylation sites is 2. The highest BCUT2D eigenvalue weighted by Gasteiger charge is 2.27. The summed E-state index contributed by atoms with van der Waals surface area (Å²) in [5.74, 6) is 1.00. The third-order valence-corrected chi connectivity index (χ3v) is 3.13. The number of hydrogen-bond donors (Lipinski definition) is 2. The molecule has 0 bridgehead atoms. The Morgan fingerprint density at radius 2 is 2.19 bits per heavy atom. The van der Waals surface area contributed by atoms with Crippen LogP contribution in [0.3, 0.4) is 0 Å². The molecule has 1 aromatic carbocycles. The molecule has 0 aliphatic carbocycles. The van der Waals surface area contributed by atoms with Crippen molar-refractivity contribution < 1.29 is 0 Å². The Labute approximate surface area is 95.4 Å². The Bertz CT molecular complexity index is 427. The van der Waals surface area contributed by atoms with Gasteiger partial charge in [0.05, 0.1) is 17.9 Å². The first-order chi connectivity index (χ1) is 7.88. The number of guanidine groups is 1. The third-order valence-electron chi connectivity index (χ3n) is 3.13. The van der Waals surface area contributed by atoms with Gasteiger partial charge in [0.1, 0.15) is 6.17 Å². The molecule has 4 heteroatoms. The molecule has 1 aromatic rings. The number of anilines is 2. The molecule has 1 atom stereocenters. The first-order valence-electron chi connectivity index (χ1n) is 5.82. The number of hydrogen-bond acceptors (Lipinski definition) is 4. The summed E-state index contributed by atoms with van der Waals surface area (Å²) < 4.78 is 0. The van der Waals surface area contributed by atoms with Gasteiger partial charge in [-0.05, 0) is 18.6 Å². The zero-order valence-corrected chi connectivity index (χ0v) is 9.40. The zero-order valence-electron chi connectivity index (χ0n) is 9.40. The summed E-state index contributed by atoms with van der Waals surface area (Å²) in [4.78, 5) is 6.81. The van der Waals surface area contributed by atoms with Crippen LogP contribution < -0.4 is 10.6 Å². The summed E-state index contributed by atoms with van der Waals surface area (Å²) in [5.41, 5.74) is 2.27. The van der Waals surface area contributed by atoms with Crippen LogP contribution in [0.5, 0.6) is 0 Å². The van der Waals surface area contributed by atoms with Crippen LogP contribution >= 0.6 is 0 Å². The van der Waals surface area contributed by atoms with E-state index in [1.165, 1.54) is 0 Å². The molecule has 0 radical (unpaired) electrons. The third kappa shape index (κ3) is 1.41. The van der Waals surface area contributed by atoms with Gasteiger partial charge in [-0.15, -0.1) is 0 Å². The molecular weight excluding hydrogens is 200 g/mol. The second kappa shape index (κ2) is 3.70. The molecule has 0 saturated carbocycles. The molecule has 0 unspecified atom stereocenters. The van der Waals surface area contributed by atoms with E-state index in [9.17, 15) is 0 Å². The summed E-state index contributed by atoms with van der Waals surface area (Å²) in [7, 11) is 0. The van der Waals surface area contributed by atoms with E-state index in [0.29, 0.717) is 6.17 Å². The van der Waals surface area contributed by atoms with Crippen LogP contribution in [0.25, 0.3) is 0 Å². The molecule has 16 heavy (non-hydrogen) atoms. The maximum Gasteiger partial charge on any atom is 0.200 e. The van der Waals surface area contributed by atoms with Crippen LogP contribution in [0.1, 0.15) is 13.3 Å². The smallest absolute Gasteiger partial charge is 0.200 e. The topological polar surface area (TPSA) is 39.7 Å². The highest BCUT2D eigenvalue weighted by atomic mass is 15.4. The summed E-state index contributed by atoms with van der Waals surface area (Å²) in [6, 6.07) is 8.28. The van der Waals surface area contributed by atoms with Crippen molar-refractivity contribution >= 4 is 17.3 Å². The summed E-state index contributed by atoms with van der Waals surface area (Å²) in [5, 5.41) is 6.96. The van der Waals surface area contributed by atoms with Crippen LogP contribution in [0.4, 0.5) is 11.4 Å². The van der Waals surface area contributed by atoms with Gasteiger partial charge in [-0.1, -0.05) is 19.1 Å². The minimum atomic E-state index is 0.345. The molecule has 2 heterocycles. The Balaban J connectivity index is 2.01. The lowest BCUT2D eigenvalue weighted by Gasteiger charge is -2.27. The first-order valence-corrected chi connectivity index (χ1v) is 5.82. The Kier molecular flexibility index (Phi) is 2.20. The monoisotopic (exact) mass is 216 g/mol. The number of nitrogens with zero attached hydrogens (tertiary/aromatic N) is 2. The van der Waals surface area contributed by atoms with Gasteiger partial charge in [-0.3, -0.25) is 4.99 Å². The number of rotatable bonds is 1. The fourth-order valence-electron chi connectivity index (χ4n) is 2.29. The van der Waals surface area contributed by atoms with Crippen molar-refractivity contribution in [2.24, 2.45) is 4.99 Å². The number of nitrogens with one attached hydrogen (secondary N) is 2. The molecule has 3 rings (SSSR count). The number of benzene rings is 1. The molecule has 84 valence electrons. The van der Waals surface area contributed by atoms with E-state index in [0.717, 1.165) is 36.8 Å². The predicted molar refractivity (Wildman–Crippen MR) is 66.8 cm³/mol. The Morgan fingerprint density at radius 3 is 3.00 bits per heavy atom. The fourth-order valence-corrected chi connectivity index (χ4v) is 2.29. The molecule has 4 nitrogen and oxygen atoms in total. The van der Waals surface area contributed by atoms with Crippen LogP contribution in [0.15, 0.2) is 29.3 Å². The second-order valence-corrected chi connectivity index (χ2v) is 4.14. The lowest BCUT2D eigenvalue weighted by molar-refractivity contribution is 0.359. The van der Waals surface area contributed by atoms with Crippen molar-refractivity contribution in [3.05, 3.63) is 24.3 Å².